The standard InChI is InChI=1S/C13H17ClN2/c14-11-3-1-2-4-12(11)16-9-13(10-16)5-7-15-8-6-13/h1-4,15H,5-10H2. The molecule has 86 valence electrons. The lowest BCUT2D eigenvalue weighted by Crippen LogP contribution is -2.60. The Morgan fingerprint density at radius 3 is 2.50 bits per heavy atom. The average Bonchev–Trinajstić information content (AvgIpc) is 2.28. The minimum atomic E-state index is 0.574. The van der Waals surface area contributed by atoms with Crippen LogP contribution in [0.4, 0.5) is 5.69 Å². The first-order valence-corrected chi connectivity index (χ1v) is 6.37. The maximum absolute atomic E-state index is 6.21. The van der Waals surface area contributed by atoms with Gasteiger partial charge in [0.1, 0.15) is 0 Å². The molecular formula is C13H17ClN2. The average molecular weight is 237 g/mol. The minimum absolute atomic E-state index is 0.574. The predicted octanol–water partition coefficient (Wildman–Crippen LogP) is 2.53. The van der Waals surface area contributed by atoms with Crippen molar-refractivity contribution in [2.75, 3.05) is 31.1 Å². The molecule has 0 aromatic heterocycles. The van der Waals surface area contributed by atoms with Crippen molar-refractivity contribution in [2.24, 2.45) is 5.41 Å². The Hall–Kier alpha value is -0.730. The summed E-state index contributed by atoms with van der Waals surface area (Å²) in [7, 11) is 0. The molecule has 0 unspecified atom stereocenters. The quantitative estimate of drug-likeness (QED) is 0.806. The zero-order chi connectivity index (χ0) is 11.0. The molecule has 0 aliphatic carbocycles. The second-order valence-corrected chi connectivity index (χ2v) is 5.46. The lowest BCUT2D eigenvalue weighted by atomic mass is 9.72. The molecule has 2 nitrogen and oxygen atoms in total. The van der Waals surface area contributed by atoms with Crippen molar-refractivity contribution in [2.45, 2.75) is 12.8 Å². The molecule has 0 atom stereocenters. The van der Waals surface area contributed by atoms with Gasteiger partial charge < -0.3 is 10.2 Å². The van der Waals surface area contributed by atoms with Crippen molar-refractivity contribution in [1.82, 2.24) is 5.32 Å². The fraction of sp³-hybridized carbons (Fsp3) is 0.538. The van der Waals surface area contributed by atoms with E-state index in [0.29, 0.717) is 5.41 Å². The van der Waals surface area contributed by atoms with E-state index in [9.17, 15) is 0 Å². The first kappa shape index (κ1) is 10.4. The van der Waals surface area contributed by atoms with Gasteiger partial charge in [-0.1, -0.05) is 23.7 Å². The molecule has 2 aliphatic heterocycles. The molecule has 2 heterocycles. The fourth-order valence-corrected chi connectivity index (χ4v) is 3.17. The van der Waals surface area contributed by atoms with Crippen molar-refractivity contribution >= 4 is 17.3 Å². The van der Waals surface area contributed by atoms with Crippen LogP contribution in [0.25, 0.3) is 0 Å². The zero-order valence-electron chi connectivity index (χ0n) is 9.38. The molecule has 1 aromatic carbocycles. The SMILES string of the molecule is Clc1ccccc1N1CC2(CCNCC2)C1. The van der Waals surface area contributed by atoms with Crippen LogP contribution >= 0.6 is 11.6 Å². The zero-order valence-corrected chi connectivity index (χ0v) is 10.1. The molecular weight excluding hydrogens is 220 g/mol. The van der Waals surface area contributed by atoms with Gasteiger partial charge in [-0.25, -0.2) is 0 Å². The molecule has 0 bridgehead atoms. The smallest absolute Gasteiger partial charge is 0.0639 e. The molecule has 1 spiro atoms. The molecule has 3 heteroatoms. The van der Waals surface area contributed by atoms with Crippen LogP contribution in [0.3, 0.4) is 0 Å². The van der Waals surface area contributed by atoms with Gasteiger partial charge in [-0.2, -0.15) is 0 Å². The fourth-order valence-electron chi connectivity index (χ4n) is 2.92. The van der Waals surface area contributed by atoms with Gasteiger partial charge in [0.2, 0.25) is 0 Å². The van der Waals surface area contributed by atoms with Gasteiger partial charge in [-0.3, -0.25) is 0 Å². The molecule has 0 radical (unpaired) electrons. The monoisotopic (exact) mass is 236 g/mol. The molecule has 2 fully saturated rings. The van der Waals surface area contributed by atoms with E-state index in [4.69, 9.17) is 11.6 Å². The number of halogens is 1. The van der Waals surface area contributed by atoms with E-state index >= 15 is 0 Å². The van der Waals surface area contributed by atoms with Crippen LogP contribution in [0.1, 0.15) is 12.8 Å². The first-order chi connectivity index (χ1) is 7.79. The van der Waals surface area contributed by atoms with Crippen molar-refractivity contribution in [3.63, 3.8) is 0 Å². The van der Waals surface area contributed by atoms with Gasteiger partial charge in [-0.05, 0) is 38.1 Å². The summed E-state index contributed by atoms with van der Waals surface area (Å²) in [5.41, 5.74) is 1.78. The maximum Gasteiger partial charge on any atom is 0.0639 e. The Morgan fingerprint density at radius 2 is 1.81 bits per heavy atom. The first-order valence-electron chi connectivity index (χ1n) is 5.99. The summed E-state index contributed by atoms with van der Waals surface area (Å²) in [5.74, 6) is 0. The van der Waals surface area contributed by atoms with Gasteiger partial charge in [0, 0.05) is 18.5 Å². The lowest BCUT2D eigenvalue weighted by Gasteiger charge is -2.53. The van der Waals surface area contributed by atoms with Gasteiger partial charge in [0.25, 0.3) is 0 Å². The molecule has 0 saturated carbocycles. The number of piperidine rings is 1. The summed E-state index contributed by atoms with van der Waals surface area (Å²) in [6.45, 7) is 4.71. The molecule has 3 rings (SSSR count). The number of benzene rings is 1. The highest BCUT2D eigenvalue weighted by Gasteiger charge is 2.43. The van der Waals surface area contributed by atoms with Gasteiger partial charge >= 0.3 is 0 Å². The Morgan fingerprint density at radius 1 is 1.12 bits per heavy atom. The number of anilines is 1. The van der Waals surface area contributed by atoms with Gasteiger partial charge in [-0.15, -0.1) is 0 Å². The van der Waals surface area contributed by atoms with E-state index in [0.717, 1.165) is 5.02 Å². The van der Waals surface area contributed by atoms with Crippen LogP contribution in [0.15, 0.2) is 24.3 Å². The second kappa shape index (κ2) is 3.94. The Balaban J connectivity index is 1.71. The molecule has 2 saturated heterocycles. The Labute approximate surface area is 102 Å². The Bertz CT molecular complexity index is 377. The largest absolute Gasteiger partial charge is 0.369 e. The van der Waals surface area contributed by atoms with E-state index in [2.05, 4.69) is 22.3 Å². The number of hydrogen-bond donors (Lipinski definition) is 1. The summed E-state index contributed by atoms with van der Waals surface area (Å²) < 4.78 is 0. The molecule has 1 N–H and O–H groups in total. The molecule has 2 aliphatic rings. The summed E-state index contributed by atoms with van der Waals surface area (Å²) in [5, 5.41) is 4.31. The van der Waals surface area contributed by atoms with E-state index in [1.54, 1.807) is 0 Å². The number of para-hydroxylation sites is 1. The normalized spacial score (nSPS) is 23.2. The number of nitrogens with zero attached hydrogens (tertiary/aromatic N) is 1. The lowest BCUT2D eigenvalue weighted by molar-refractivity contribution is 0.150. The highest BCUT2D eigenvalue weighted by molar-refractivity contribution is 6.33. The van der Waals surface area contributed by atoms with E-state index < -0.39 is 0 Å². The number of nitrogens with one attached hydrogen (secondary N) is 1. The third-order valence-corrected chi connectivity index (χ3v) is 4.23. The summed E-state index contributed by atoms with van der Waals surface area (Å²) in [4.78, 5) is 2.41. The highest BCUT2D eigenvalue weighted by Crippen LogP contribution is 2.42. The van der Waals surface area contributed by atoms with Crippen molar-refractivity contribution < 1.29 is 0 Å². The van der Waals surface area contributed by atoms with Crippen LogP contribution in [0.5, 0.6) is 0 Å². The van der Waals surface area contributed by atoms with Crippen LogP contribution in [0.2, 0.25) is 5.02 Å². The van der Waals surface area contributed by atoms with Crippen LogP contribution in [0, 0.1) is 5.41 Å². The summed E-state index contributed by atoms with van der Waals surface area (Å²) in [6, 6.07) is 8.15. The number of hydrogen-bond acceptors (Lipinski definition) is 2. The molecule has 16 heavy (non-hydrogen) atoms. The minimum Gasteiger partial charge on any atom is -0.369 e. The second-order valence-electron chi connectivity index (χ2n) is 5.06. The van der Waals surface area contributed by atoms with E-state index in [1.807, 2.05) is 12.1 Å². The molecule has 1 aromatic rings. The number of rotatable bonds is 1. The van der Waals surface area contributed by atoms with Crippen molar-refractivity contribution in [1.29, 1.82) is 0 Å². The third-order valence-electron chi connectivity index (χ3n) is 3.91. The Kier molecular flexibility index (Phi) is 2.56. The highest BCUT2D eigenvalue weighted by atomic mass is 35.5. The van der Waals surface area contributed by atoms with Gasteiger partial charge in [0.05, 0.1) is 10.7 Å². The molecule has 0 amide bonds. The summed E-state index contributed by atoms with van der Waals surface area (Å²) in [6.07, 6.45) is 2.63. The van der Waals surface area contributed by atoms with E-state index in [1.165, 1.54) is 44.7 Å². The predicted molar refractivity (Wildman–Crippen MR) is 68.2 cm³/mol. The topological polar surface area (TPSA) is 15.3 Å². The van der Waals surface area contributed by atoms with Gasteiger partial charge in [0.15, 0.2) is 0 Å². The van der Waals surface area contributed by atoms with E-state index in [-0.39, 0.29) is 0 Å². The summed E-state index contributed by atoms with van der Waals surface area (Å²) >= 11 is 6.21. The van der Waals surface area contributed by atoms with Crippen LogP contribution < -0.4 is 10.2 Å². The van der Waals surface area contributed by atoms with Crippen LogP contribution in [-0.2, 0) is 0 Å². The maximum atomic E-state index is 6.21. The van der Waals surface area contributed by atoms with Crippen LogP contribution in [-0.4, -0.2) is 26.2 Å². The third kappa shape index (κ3) is 1.70. The van der Waals surface area contributed by atoms with Crippen molar-refractivity contribution in [3.05, 3.63) is 29.3 Å². The van der Waals surface area contributed by atoms with Crippen molar-refractivity contribution in [3.8, 4) is 0 Å².